The number of hydrogen-bond donors (Lipinski definition) is 0. The number of carbonyl (C=O) groups is 1. The smallest absolute Gasteiger partial charge is 0.180 e. The summed E-state index contributed by atoms with van der Waals surface area (Å²) in [5.74, 6) is -0.533. The molecule has 0 N–H and O–H groups in total. The van der Waals surface area contributed by atoms with Crippen molar-refractivity contribution in [1.82, 2.24) is 0 Å². The zero-order valence-electron chi connectivity index (χ0n) is 7.08. The van der Waals surface area contributed by atoms with Gasteiger partial charge >= 0.3 is 0 Å². The lowest BCUT2D eigenvalue weighted by Gasteiger charge is -2.01. The molecule has 0 amide bonds. The number of ketones is 1. The van der Waals surface area contributed by atoms with Crippen molar-refractivity contribution in [2.75, 3.05) is 0 Å². The normalized spacial score (nSPS) is 12.1. The molecule has 1 aromatic heterocycles. The van der Waals surface area contributed by atoms with E-state index in [9.17, 15) is 4.79 Å². The molecule has 0 radical (unpaired) electrons. The molecule has 13 heavy (non-hydrogen) atoms. The van der Waals surface area contributed by atoms with Crippen LogP contribution >= 0.6 is 33.9 Å². The first-order chi connectivity index (χ1) is 6.19. The molecule has 1 aromatic rings. The van der Waals surface area contributed by atoms with E-state index in [2.05, 4.69) is 22.6 Å². The number of thiophene rings is 1. The van der Waals surface area contributed by atoms with Gasteiger partial charge in [0.2, 0.25) is 0 Å². The fourth-order valence-electron chi connectivity index (χ4n) is 0.976. The topological polar surface area (TPSA) is 40.9 Å². The molecule has 1 heterocycles. The number of nitriles is 1. The molecule has 1 atom stereocenters. The zero-order chi connectivity index (χ0) is 9.84. The summed E-state index contributed by atoms with van der Waals surface area (Å²) >= 11 is 3.69. The Morgan fingerprint density at radius 1 is 1.85 bits per heavy atom. The fraction of sp³-hybridized carbons (Fsp3) is 0.333. The van der Waals surface area contributed by atoms with E-state index < -0.39 is 5.92 Å². The average molecular weight is 305 g/mol. The van der Waals surface area contributed by atoms with E-state index in [-0.39, 0.29) is 5.78 Å². The molecule has 2 nitrogen and oxygen atoms in total. The van der Waals surface area contributed by atoms with Crippen molar-refractivity contribution in [3.63, 3.8) is 0 Å². The van der Waals surface area contributed by atoms with Gasteiger partial charge in [0, 0.05) is 10.9 Å². The van der Waals surface area contributed by atoms with E-state index in [0.717, 1.165) is 2.88 Å². The molecule has 0 aliphatic carbocycles. The standard InChI is InChI=1S/C9H8INOS/c1-2-6(4-11)9(12)7-3-8(10)13-5-7/h3,5-6H,2H2,1H3. The number of rotatable bonds is 3. The first-order valence-electron chi connectivity index (χ1n) is 3.87. The minimum atomic E-state index is -0.481. The van der Waals surface area contributed by atoms with E-state index in [4.69, 9.17) is 5.26 Å². The summed E-state index contributed by atoms with van der Waals surface area (Å²) in [5.41, 5.74) is 0.669. The molecule has 68 valence electrons. The highest BCUT2D eigenvalue weighted by Crippen LogP contribution is 2.20. The second-order valence-electron chi connectivity index (χ2n) is 2.59. The van der Waals surface area contributed by atoms with Gasteiger partial charge in [-0.2, -0.15) is 5.26 Å². The maximum Gasteiger partial charge on any atom is 0.180 e. The van der Waals surface area contributed by atoms with Crippen LogP contribution < -0.4 is 0 Å². The van der Waals surface area contributed by atoms with Gasteiger partial charge in [-0.05, 0) is 35.1 Å². The van der Waals surface area contributed by atoms with Gasteiger partial charge in [0.25, 0.3) is 0 Å². The first-order valence-corrected chi connectivity index (χ1v) is 5.82. The van der Waals surface area contributed by atoms with Crippen molar-refractivity contribution in [2.45, 2.75) is 13.3 Å². The molecule has 4 heteroatoms. The highest BCUT2D eigenvalue weighted by molar-refractivity contribution is 14.1. The number of carbonyl (C=O) groups excluding carboxylic acids is 1. The Bertz CT molecular complexity index is 353. The van der Waals surface area contributed by atoms with Crippen molar-refractivity contribution in [3.05, 3.63) is 19.9 Å². The highest BCUT2D eigenvalue weighted by Gasteiger charge is 2.18. The van der Waals surface area contributed by atoms with Crippen LogP contribution in [-0.4, -0.2) is 5.78 Å². The van der Waals surface area contributed by atoms with Gasteiger partial charge in [-0.3, -0.25) is 4.79 Å². The summed E-state index contributed by atoms with van der Waals surface area (Å²) in [6, 6.07) is 3.84. The van der Waals surface area contributed by atoms with Crippen LogP contribution in [0.2, 0.25) is 0 Å². The van der Waals surface area contributed by atoms with Crippen LogP contribution in [0.25, 0.3) is 0 Å². The summed E-state index contributed by atoms with van der Waals surface area (Å²) in [5, 5.41) is 10.5. The Hall–Kier alpha value is -0.410. The minimum Gasteiger partial charge on any atom is -0.293 e. The monoisotopic (exact) mass is 305 g/mol. The second kappa shape index (κ2) is 4.72. The minimum absolute atomic E-state index is 0.0517. The summed E-state index contributed by atoms with van der Waals surface area (Å²) in [6.45, 7) is 1.85. The Kier molecular flexibility index (Phi) is 3.88. The Morgan fingerprint density at radius 3 is 2.92 bits per heavy atom. The average Bonchev–Trinajstić information content (AvgIpc) is 2.54. The largest absolute Gasteiger partial charge is 0.293 e. The molecule has 1 rings (SSSR count). The predicted octanol–water partition coefficient (Wildman–Crippen LogP) is 3.09. The number of halogens is 1. The highest BCUT2D eigenvalue weighted by atomic mass is 127. The van der Waals surface area contributed by atoms with Gasteiger partial charge < -0.3 is 0 Å². The van der Waals surface area contributed by atoms with E-state index in [1.165, 1.54) is 11.3 Å². The van der Waals surface area contributed by atoms with Gasteiger partial charge in [-0.1, -0.05) is 6.92 Å². The van der Waals surface area contributed by atoms with Gasteiger partial charge in [-0.25, -0.2) is 0 Å². The fourth-order valence-corrected chi connectivity index (χ4v) is 2.31. The quantitative estimate of drug-likeness (QED) is 0.636. The van der Waals surface area contributed by atoms with Crippen LogP contribution in [0.15, 0.2) is 11.4 Å². The van der Waals surface area contributed by atoms with Crippen molar-refractivity contribution in [2.24, 2.45) is 5.92 Å². The third-order valence-corrected chi connectivity index (χ3v) is 3.52. The molecule has 0 saturated carbocycles. The molecule has 0 aliphatic rings. The summed E-state index contributed by atoms with van der Waals surface area (Å²) in [7, 11) is 0. The van der Waals surface area contributed by atoms with Crippen molar-refractivity contribution >= 4 is 39.7 Å². The second-order valence-corrected chi connectivity index (χ2v) is 5.40. The van der Waals surface area contributed by atoms with Crippen LogP contribution in [-0.2, 0) is 0 Å². The van der Waals surface area contributed by atoms with E-state index in [1.54, 1.807) is 0 Å². The Morgan fingerprint density at radius 2 is 2.54 bits per heavy atom. The Balaban J connectivity index is 2.85. The zero-order valence-corrected chi connectivity index (χ0v) is 10.1. The summed E-state index contributed by atoms with van der Waals surface area (Å²) in [4.78, 5) is 11.6. The van der Waals surface area contributed by atoms with E-state index in [0.29, 0.717) is 12.0 Å². The number of Topliss-reactive ketones (excluding diaryl/α,β-unsaturated/α-hetero) is 1. The Labute approximate surface area is 94.7 Å². The molecule has 0 saturated heterocycles. The summed E-state index contributed by atoms with van der Waals surface area (Å²) < 4.78 is 1.08. The number of hydrogen-bond acceptors (Lipinski definition) is 3. The van der Waals surface area contributed by atoms with E-state index >= 15 is 0 Å². The molecular weight excluding hydrogens is 297 g/mol. The van der Waals surface area contributed by atoms with Crippen LogP contribution in [0.4, 0.5) is 0 Å². The van der Waals surface area contributed by atoms with Crippen LogP contribution in [0.5, 0.6) is 0 Å². The predicted molar refractivity (Wildman–Crippen MR) is 60.8 cm³/mol. The molecule has 0 aliphatic heterocycles. The molecule has 0 bridgehead atoms. The van der Waals surface area contributed by atoms with Gasteiger partial charge in [0.15, 0.2) is 5.78 Å². The molecule has 0 aromatic carbocycles. The molecule has 0 spiro atoms. The SMILES string of the molecule is CCC(C#N)C(=O)c1csc(I)c1. The van der Waals surface area contributed by atoms with Crippen molar-refractivity contribution in [3.8, 4) is 6.07 Å². The van der Waals surface area contributed by atoms with Crippen LogP contribution in [0.3, 0.4) is 0 Å². The van der Waals surface area contributed by atoms with Gasteiger partial charge in [-0.15, -0.1) is 11.3 Å². The van der Waals surface area contributed by atoms with Gasteiger partial charge in [0.1, 0.15) is 5.92 Å². The molecule has 0 fully saturated rings. The first kappa shape index (κ1) is 10.7. The lowest BCUT2D eigenvalue weighted by atomic mass is 9.99. The maximum atomic E-state index is 11.6. The van der Waals surface area contributed by atoms with E-state index in [1.807, 2.05) is 24.4 Å². The molecule has 1 unspecified atom stereocenters. The lowest BCUT2D eigenvalue weighted by molar-refractivity contribution is 0.0947. The maximum absolute atomic E-state index is 11.6. The van der Waals surface area contributed by atoms with Crippen molar-refractivity contribution in [1.29, 1.82) is 5.26 Å². The van der Waals surface area contributed by atoms with Crippen LogP contribution in [0.1, 0.15) is 23.7 Å². The van der Waals surface area contributed by atoms with Gasteiger partial charge in [0.05, 0.1) is 8.95 Å². The lowest BCUT2D eigenvalue weighted by Crippen LogP contribution is -2.10. The molecular formula is C9H8INOS. The third-order valence-electron chi connectivity index (χ3n) is 1.73. The summed E-state index contributed by atoms with van der Waals surface area (Å²) in [6.07, 6.45) is 0.585. The third kappa shape index (κ3) is 2.51. The van der Waals surface area contributed by atoms with Crippen LogP contribution in [0, 0.1) is 20.1 Å². The number of nitrogens with zero attached hydrogens (tertiary/aromatic N) is 1. The van der Waals surface area contributed by atoms with Crippen molar-refractivity contribution < 1.29 is 4.79 Å².